The number of phosphoric acid groups is 1. The van der Waals surface area contributed by atoms with E-state index in [2.05, 4.69) is 54.8 Å². The number of carboxylic acid groups (broad SMARTS) is 1. The first-order chi connectivity index (χ1) is 25.1. The average molecular weight is 758 g/mol. The van der Waals surface area contributed by atoms with Crippen LogP contribution in [0.4, 0.5) is 0 Å². The number of aliphatic carboxylic acids is 1. The summed E-state index contributed by atoms with van der Waals surface area (Å²) < 4.78 is 32.6. The number of esters is 2. The van der Waals surface area contributed by atoms with Gasteiger partial charge in [-0.25, -0.2) is 4.57 Å². The van der Waals surface area contributed by atoms with Crippen molar-refractivity contribution in [1.29, 1.82) is 0 Å². The molecule has 0 fully saturated rings. The third-order valence-electron chi connectivity index (χ3n) is 8.36. The molecule has 11 nitrogen and oxygen atoms in total. The lowest BCUT2D eigenvalue weighted by Gasteiger charge is -2.20. The number of hydrogen-bond acceptors (Lipinski definition) is 9. The van der Waals surface area contributed by atoms with Gasteiger partial charge >= 0.3 is 25.7 Å². The van der Waals surface area contributed by atoms with Crippen molar-refractivity contribution in [3.63, 3.8) is 0 Å². The summed E-state index contributed by atoms with van der Waals surface area (Å²) in [5.41, 5.74) is 5.32. The highest BCUT2D eigenvalue weighted by atomic mass is 31.2. The highest BCUT2D eigenvalue weighted by molar-refractivity contribution is 7.47. The lowest BCUT2D eigenvalue weighted by molar-refractivity contribution is -0.161. The Hall–Kier alpha value is -2.30. The Labute approximate surface area is 314 Å². The van der Waals surface area contributed by atoms with Gasteiger partial charge in [-0.05, 0) is 64.2 Å². The number of phosphoric ester groups is 1. The van der Waals surface area contributed by atoms with Crippen LogP contribution in [0, 0.1) is 0 Å². The van der Waals surface area contributed by atoms with E-state index in [0.29, 0.717) is 12.8 Å². The van der Waals surface area contributed by atoms with E-state index in [9.17, 15) is 23.8 Å². The lowest BCUT2D eigenvalue weighted by Crippen LogP contribution is -2.34. The second-order valence-electron chi connectivity index (χ2n) is 13.4. The molecule has 3 atom stereocenters. The summed E-state index contributed by atoms with van der Waals surface area (Å²) in [7, 11) is -4.71. The molecule has 0 rings (SSSR count). The molecule has 0 saturated carbocycles. The van der Waals surface area contributed by atoms with Crippen molar-refractivity contribution in [1.82, 2.24) is 0 Å². The zero-order chi connectivity index (χ0) is 38.5. The van der Waals surface area contributed by atoms with Gasteiger partial charge in [-0.15, -0.1) is 0 Å². The van der Waals surface area contributed by atoms with Crippen LogP contribution in [0.2, 0.25) is 0 Å². The standard InChI is InChI=1S/C40H72NO10P/c1-3-5-7-9-11-13-15-16-17-18-19-20-22-24-26-28-30-32-39(43)51-36(34-49-52(46,47)50-35-37(41)40(44)45)33-48-38(42)31-29-27-25-23-21-14-12-10-8-6-4-2/h10-13,16-17,36-37H,3-9,14-15,18-35,41H2,1-2H3,(H,44,45)(H,46,47)/b12-10+,13-11+,17-16+/t36-,37-/m0/s1. The van der Waals surface area contributed by atoms with E-state index in [0.717, 1.165) is 77.0 Å². The maximum atomic E-state index is 12.6. The smallest absolute Gasteiger partial charge is 0.472 e. The van der Waals surface area contributed by atoms with Gasteiger partial charge in [0.25, 0.3) is 0 Å². The third kappa shape index (κ3) is 34.8. The third-order valence-corrected chi connectivity index (χ3v) is 9.31. The van der Waals surface area contributed by atoms with E-state index in [1.54, 1.807) is 0 Å². The zero-order valence-corrected chi connectivity index (χ0v) is 33.3. The van der Waals surface area contributed by atoms with Crippen molar-refractivity contribution < 1.29 is 47.5 Å². The molecular formula is C40H72NO10P. The zero-order valence-electron chi connectivity index (χ0n) is 32.4. The van der Waals surface area contributed by atoms with Crippen LogP contribution in [-0.4, -0.2) is 59.9 Å². The Morgan fingerprint density at radius 3 is 1.58 bits per heavy atom. The van der Waals surface area contributed by atoms with Crippen molar-refractivity contribution in [3.8, 4) is 0 Å². The minimum absolute atomic E-state index is 0.150. The van der Waals surface area contributed by atoms with Crippen LogP contribution in [0.3, 0.4) is 0 Å². The largest absolute Gasteiger partial charge is 0.480 e. The van der Waals surface area contributed by atoms with Gasteiger partial charge in [0.05, 0.1) is 13.2 Å². The Bertz CT molecular complexity index is 1030. The van der Waals surface area contributed by atoms with Crippen LogP contribution in [0.15, 0.2) is 36.5 Å². The summed E-state index contributed by atoms with van der Waals surface area (Å²) in [6.45, 7) is 2.70. The van der Waals surface area contributed by atoms with E-state index < -0.39 is 51.1 Å². The summed E-state index contributed by atoms with van der Waals surface area (Å²) in [4.78, 5) is 45.8. The molecule has 0 aliphatic carbocycles. The van der Waals surface area contributed by atoms with Gasteiger partial charge in [0.1, 0.15) is 12.6 Å². The maximum Gasteiger partial charge on any atom is 0.472 e. The van der Waals surface area contributed by atoms with Crippen molar-refractivity contribution in [3.05, 3.63) is 36.5 Å². The topological polar surface area (TPSA) is 172 Å². The van der Waals surface area contributed by atoms with E-state index in [4.69, 9.17) is 24.8 Å². The fourth-order valence-corrected chi connectivity index (χ4v) is 5.91. The van der Waals surface area contributed by atoms with Crippen LogP contribution in [0.5, 0.6) is 0 Å². The number of rotatable bonds is 37. The number of carbonyl (C=O) groups excluding carboxylic acids is 2. The van der Waals surface area contributed by atoms with Crippen LogP contribution >= 0.6 is 7.82 Å². The Kier molecular flexibility index (Phi) is 34.1. The quantitative estimate of drug-likeness (QED) is 0.0238. The molecule has 302 valence electrons. The van der Waals surface area contributed by atoms with E-state index in [-0.39, 0.29) is 19.4 Å². The van der Waals surface area contributed by atoms with Gasteiger partial charge in [0.2, 0.25) is 0 Å². The van der Waals surface area contributed by atoms with Gasteiger partial charge in [-0.3, -0.25) is 23.4 Å². The molecule has 0 aliphatic rings. The molecule has 0 aromatic carbocycles. The highest BCUT2D eigenvalue weighted by Gasteiger charge is 2.28. The van der Waals surface area contributed by atoms with Gasteiger partial charge in [0, 0.05) is 12.8 Å². The van der Waals surface area contributed by atoms with Crippen LogP contribution in [0.25, 0.3) is 0 Å². The maximum absolute atomic E-state index is 12.6. The second-order valence-corrected chi connectivity index (χ2v) is 14.9. The van der Waals surface area contributed by atoms with Crippen molar-refractivity contribution in [2.75, 3.05) is 19.8 Å². The molecular weight excluding hydrogens is 685 g/mol. The SMILES string of the molecule is CCCC/C=C/CCCCCCCC(=O)OC[C@@H](COP(=O)(O)OC[C@H](N)C(=O)O)OC(=O)CCCCCCCCC/C=C/C/C=C/CCCCC. The van der Waals surface area contributed by atoms with E-state index in [1.165, 1.54) is 51.4 Å². The van der Waals surface area contributed by atoms with Crippen molar-refractivity contribution in [2.24, 2.45) is 5.73 Å². The fourth-order valence-electron chi connectivity index (χ4n) is 5.13. The monoisotopic (exact) mass is 757 g/mol. The first-order valence-corrected chi connectivity index (χ1v) is 21.5. The van der Waals surface area contributed by atoms with Crippen LogP contribution in [0.1, 0.15) is 168 Å². The van der Waals surface area contributed by atoms with Gasteiger partial charge < -0.3 is 25.2 Å². The van der Waals surface area contributed by atoms with Gasteiger partial charge in [-0.2, -0.15) is 0 Å². The normalized spacial score (nSPS) is 14.2. The number of unbranched alkanes of at least 4 members (excludes halogenated alkanes) is 17. The van der Waals surface area contributed by atoms with Crippen LogP contribution in [-0.2, 0) is 37.5 Å². The predicted molar refractivity (Wildman–Crippen MR) is 208 cm³/mol. The van der Waals surface area contributed by atoms with Crippen molar-refractivity contribution >= 4 is 25.7 Å². The molecule has 0 radical (unpaired) electrons. The van der Waals surface area contributed by atoms with Crippen LogP contribution < -0.4 is 5.73 Å². The molecule has 0 heterocycles. The summed E-state index contributed by atoms with van der Waals surface area (Å²) in [5.74, 6) is -2.40. The number of carboxylic acids is 1. The number of ether oxygens (including phenoxy) is 2. The molecule has 0 bridgehead atoms. The number of hydrogen-bond donors (Lipinski definition) is 3. The minimum Gasteiger partial charge on any atom is -0.480 e. The Morgan fingerprint density at radius 1 is 0.596 bits per heavy atom. The second kappa shape index (κ2) is 35.7. The molecule has 12 heteroatoms. The number of allylic oxidation sites excluding steroid dienone is 6. The molecule has 0 amide bonds. The first-order valence-electron chi connectivity index (χ1n) is 20.0. The van der Waals surface area contributed by atoms with E-state index in [1.807, 2.05) is 0 Å². The molecule has 0 aromatic rings. The first kappa shape index (κ1) is 49.7. The summed E-state index contributed by atoms with van der Waals surface area (Å²) >= 11 is 0. The number of nitrogens with two attached hydrogens (primary N) is 1. The average Bonchev–Trinajstić information content (AvgIpc) is 3.12. The van der Waals surface area contributed by atoms with Gasteiger partial charge in [-0.1, -0.05) is 127 Å². The van der Waals surface area contributed by atoms with Gasteiger partial charge in [0.15, 0.2) is 6.10 Å². The molecule has 1 unspecified atom stereocenters. The predicted octanol–water partition coefficient (Wildman–Crippen LogP) is 10.1. The Balaban J connectivity index is 4.42. The summed E-state index contributed by atoms with van der Waals surface area (Å²) in [5, 5.41) is 8.86. The minimum atomic E-state index is -4.71. The molecule has 0 aromatic heterocycles. The molecule has 52 heavy (non-hydrogen) atoms. The van der Waals surface area contributed by atoms with E-state index >= 15 is 0 Å². The highest BCUT2D eigenvalue weighted by Crippen LogP contribution is 2.43. The fraction of sp³-hybridized carbons (Fsp3) is 0.775. The molecule has 0 aliphatic heterocycles. The summed E-state index contributed by atoms with van der Waals surface area (Å²) in [6, 6.07) is -1.52. The molecule has 4 N–H and O–H groups in total. The molecule has 0 saturated heterocycles. The summed E-state index contributed by atoms with van der Waals surface area (Å²) in [6.07, 6.45) is 36.4. The number of carbonyl (C=O) groups is 3. The lowest BCUT2D eigenvalue weighted by atomic mass is 10.1. The molecule has 0 spiro atoms. The van der Waals surface area contributed by atoms with Crippen molar-refractivity contribution in [2.45, 2.75) is 180 Å². The Morgan fingerprint density at radius 2 is 1.04 bits per heavy atom.